The van der Waals surface area contributed by atoms with Crippen molar-refractivity contribution in [2.24, 2.45) is 5.90 Å². The number of rotatable bonds is 1. The number of aryl methyl sites for hydroxylation is 1. The van der Waals surface area contributed by atoms with Gasteiger partial charge in [0.25, 0.3) is 0 Å². The monoisotopic (exact) mass is 192 g/mol. The van der Waals surface area contributed by atoms with Crippen molar-refractivity contribution in [3.63, 3.8) is 0 Å². The molecule has 1 amide bonds. The molecule has 0 aliphatic carbocycles. The number of nitrogens with one attached hydrogen (secondary N) is 1. The fraction of sp³-hybridized carbons (Fsp3) is 0.300. The number of benzene rings is 1. The van der Waals surface area contributed by atoms with Crippen LogP contribution in [0.25, 0.3) is 0 Å². The first-order valence-electron chi connectivity index (χ1n) is 4.51. The van der Waals surface area contributed by atoms with E-state index in [1.54, 1.807) is 6.07 Å². The zero-order valence-electron chi connectivity index (χ0n) is 7.96. The van der Waals surface area contributed by atoms with E-state index < -0.39 is 0 Å². The summed E-state index contributed by atoms with van der Waals surface area (Å²) in [5.41, 5.74) is 3.00. The second-order valence-electron chi connectivity index (χ2n) is 3.40. The lowest BCUT2D eigenvalue weighted by molar-refractivity contribution is -0.116. The summed E-state index contributed by atoms with van der Waals surface area (Å²) in [5.74, 6) is 5.66. The van der Waals surface area contributed by atoms with Gasteiger partial charge in [0.2, 0.25) is 5.91 Å². The molecule has 4 nitrogen and oxygen atoms in total. The summed E-state index contributed by atoms with van der Waals surface area (Å²) in [6.45, 7) is 2.01. The largest absolute Gasteiger partial charge is 0.409 e. The summed E-state index contributed by atoms with van der Waals surface area (Å²) >= 11 is 0. The van der Waals surface area contributed by atoms with Gasteiger partial charge in [-0.1, -0.05) is 6.07 Å². The van der Waals surface area contributed by atoms with Crippen LogP contribution in [-0.4, -0.2) is 5.91 Å². The number of amides is 1. The Morgan fingerprint density at radius 1 is 1.43 bits per heavy atom. The molecule has 0 saturated carbocycles. The summed E-state index contributed by atoms with van der Waals surface area (Å²) in [5, 5.41) is 2.78. The van der Waals surface area contributed by atoms with Crippen LogP contribution in [0.15, 0.2) is 12.1 Å². The van der Waals surface area contributed by atoms with E-state index in [4.69, 9.17) is 10.7 Å². The van der Waals surface area contributed by atoms with E-state index in [2.05, 4.69) is 5.32 Å². The quantitative estimate of drug-likeness (QED) is 0.655. The first-order valence-corrected chi connectivity index (χ1v) is 4.51. The molecule has 0 saturated heterocycles. The highest BCUT2D eigenvalue weighted by Crippen LogP contribution is 2.33. The molecule has 0 aromatic heterocycles. The van der Waals surface area contributed by atoms with Crippen molar-refractivity contribution in [1.82, 2.24) is 0 Å². The fourth-order valence-corrected chi connectivity index (χ4v) is 1.73. The van der Waals surface area contributed by atoms with E-state index in [1.165, 1.54) is 0 Å². The summed E-state index contributed by atoms with van der Waals surface area (Å²) in [6, 6.07) is 3.71. The van der Waals surface area contributed by atoms with Gasteiger partial charge < -0.3 is 10.2 Å². The molecule has 74 valence electrons. The van der Waals surface area contributed by atoms with Gasteiger partial charge in [-0.15, -0.1) is 0 Å². The molecule has 3 N–H and O–H groups in total. The third-order valence-electron chi connectivity index (χ3n) is 2.50. The highest BCUT2D eigenvalue weighted by Gasteiger charge is 2.20. The Labute approximate surface area is 82.0 Å². The third kappa shape index (κ3) is 1.33. The third-order valence-corrected chi connectivity index (χ3v) is 2.50. The second-order valence-corrected chi connectivity index (χ2v) is 3.40. The van der Waals surface area contributed by atoms with Crippen LogP contribution in [0.1, 0.15) is 17.5 Å². The zero-order chi connectivity index (χ0) is 10.1. The SMILES string of the molecule is Cc1ccc(ON)c2c1CCC(=O)N2. The maximum atomic E-state index is 11.2. The van der Waals surface area contributed by atoms with Crippen LogP contribution in [0.4, 0.5) is 5.69 Å². The molecule has 1 aromatic carbocycles. The predicted octanol–water partition coefficient (Wildman–Crippen LogP) is 1.13. The van der Waals surface area contributed by atoms with Gasteiger partial charge in [0.1, 0.15) is 0 Å². The van der Waals surface area contributed by atoms with Gasteiger partial charge in [-0.25, -0.2) is 0 Å². The number of nitrogens with two attached hydrogens (primary N) is 1. The summed E-state index contributed by atoms with van der Waals surface area (Å²) in [7, 11) is 0. The first-order chi connectivity index (χ1) is 6.72. The normalized spacial score (nSPS) is 14.6. The van der Waals surface area contributed by atoms with E-state index in [0.717, 1.165) is 23.2 Å². The minimum Gasteiger partial charge on any atom is -0.409 e. The standard InChI is InChI=1S/C10H12N2O2/c1-6-2-4-8(14-11)10-7(6)3-5-9(13)12-10/h2,4H,3,5,11H2,1H3,(H,12,13). The lowest BCUT2D eigenvalue weighted by atomic mass is 9.97. The Kier molecular flexibility index (Phi) is 2.13. The Morgan fingerprint density at radius 3 is 2.93 bits per heavy atom. The molecule has 2 rings (SSSR count). The Morgan fingerprint density at radius 2 is 2.21 bits per heavy atom. The number of carbonyl (C=O) groups excluding carboxylic acids is 1. The molecule has 1 aromatic rings. The molecule has 0 spiro atoms. The van der Waals surface area contributed by atoms with Crippen molar-refractivity contribution in [3.8, 4) is 5.75 Å². The van der Waals surface area contributed by atoms with Crippen LogP contribution in [0.2, 0.25) is 0 Å². The zero-order valence-corrected chi connectivity index (χ0v) is 7.96. The number of carbonyl (C=O) groups is 1. The topological polar surface area (TPSA) is 64.3 Å². The molecule has 14 heavy (non-hydrogen) atoms. The van der Waals surface area contributed by atoms with Gasteiger partial charge >= 0.3 is 0 Å². The average molecular weight is 192 g/mol. The summed E-state index contributed by atoms with van der Waals surface area (Å²) in [6.07, 6.45) is 1.28. The van der Waals surface area contributed by atoms with E-state index >= 15 is 0 Å². The van der Waals surface area contributed by atoms with Gasteiger partial charge in [0.05, 0.1) is 5.69 Å². The maximum absolute atomic E-state index is 11.2. The molecule has 0 atom stereocenters. The number of hydrogen-bond acceptors (Lipinski definition) is 3. The molecule has 4 heteroatoms. The fourth-order valence-electron chi connectivity index (χ4n) is 1.73. The number of anilines is 1. The Bertz CT molecular complexity index is 388. The molecule has 0 bridgehead atoms. The molecule has 0 radical (unpaired) electrons. The highest BCUT2D eigenvalue weighted by molar-refractivity contribution is 5.96. The molecule has 1 heterocycles. The van der Waals surface area contributed by atoms with Crippen molar-refractivity contribution in [2.45, 2.75) is 19.8 Å². The highest BCUT2D eigenvalue weighted by atomic mass is 16.6. The van der Waals surface area contributed by atoms with Crippen LogP contribution in [0.5, 0.6) is 5.75 Å². The molecular formula is C10H12N2O2. The van der Waals surface area contributed by atoms with E-state index in [0.29, 0.717) is 12.2 Å². The molecule has 0 unspecified atom stereocenters. The van der Waals surface area contributed by atoms with Gasteiger partial charge in [-0.3, -0.25) is 4.79 Å². The van der Waals surface area contributed by atoms with Crippen LogP contribution in [0, 0.1) is 6.92 Å². The van der Waals surface area contributed by atoms with E-state index in [9.17, 15) is 4.79 Å². The van der Waals surface area contributed by atoms with E-state index in [1.807, 2.05) is 13.0 Å². The van der Waals surface area contributed by atoms with Crippen molar-refractivity contribution >= 4 is 11.6 Å². The van der Waals surface area contributed by atoms with Gasteiger partial charge in [-0.05, 0) is 30.5 Å². The van der Waals surface area contributed by atoms with Crippen LogP contribution in [0.3, 0.4) is 0 Å². The molecular weight excluding hydrogens is 180 g/mol. The van der Waals surface area contributed by atoms with Gasteiger partial charge in [0, 0.05) is 6.42 Å². The van der Waals surface area contributed by atoms with Crippen molar-refractivity contribution in [2.75, 3.05) is 5.32 Å². The Balaban J connectivity index is 2.54. The molecule has 1 aliphatic rings. The lowest BCUT2D eigenvalue weighted by Crippen LogP contribution is -2.21. The van der Waals surface area contributed by atoms with Crippen molar-refractivity contribution in [1.29, 1.82) is 0 Å². The molecule has 0 fully saturated rings. The molecule has 1 aliphatic heterocycles. The average Bonchev–Trinajstić information content (AvgIpc) is 2.18. The van der Waals surface area contributed by atoms with Crippen LogP contribution in [-0.2, 0) is 11.2 Å². The van der Waals surface area contributed by atoms with Crippen molar-refractivity contribution < 1.29 is 9.63 Å². The summed E-state index contributed by atoms with van der Waals surface area (Å²) < 4.78 is 0. The van der Waals surface area contributed by atoms with Gasteiger partial charge in [-0.2, -0.15) is 5.90 Å². The van der Waals surface area contributed by atoms with Crippen LogP contribution < -0.4 is 16.1 Å². The first kappa shape index (κ1) is 9.02. The van der Waals surface area contributed by atoms with Crippen LogP contribution >= 0.6 is 0 Å². The van der Waals surface area contributed by atoms with E-state index in [-0.39, 0.29) is 5.91 Å². The Hall–Kier alpha value is -1.55. The minimum absolute atomic E-state index is 0.0152. The number of fused-ring (bicyclic) bond motifs is 1. The van der Waals surface area contributed by atoms with Gasteiger partial charge in [0.15, 0.2) is 5.75 Å². The lowest BCUT2D eigenvalue weighted by Gasteiger charge is -2.20. The maximum Gasteiger partial charge on any atom is 0.224 e. The number of hydrogen-bond donors (Lipinski definition) is 2. The predicted molar refractivity (Wildman–Crippen MR) is 52.9 cm³/mol. The summed E-state index contributed by atoms with van der Waals surface area (Å²) in [4.78, 5) is 15.9. The second kappa shape index (κ2) is 3.31. The smallest absolute Gasteiger partial charge is 0.224 e. The minimum atomic E-state index is 0.0152. The van der Waals surface area contributed by atoms with Crippen molar-refractivity contribution in [3.05, 3.63) is 23.3 Å².